The molecule has 164 valence electrons. The highest BCUT2D eigenvalue weighted by atomic mass is 19.1. The SMILES string of the molecule is Cc1cccc(OCc2c(C(=O)Nc3cnn(Cc4ccccc4F)c3)noc2C)c1C. The van der Waals surface area contributed by atoms with Crippen LogP contribution in [0.5, 0.6) is 5.75 Å². The fourth-order valence-corrected chi connectivity index (χ4v) is 3.28. The molecule has 1 amide bonds. The topological polar surface area (TPSA) is 82.2 Å². The number of ether oxygens (including phenoxy) is 1. The molecule has 0 saturated carbocycles. The van der Waals surface area contributed by atoms with Gasteiger partial charge in [0.1, 0.15) is 23.9 Å². The molecular weight excluding hydrogens is 411 g/mol. The quantitative estimate of drug-likeness (QED) is 0.451. The molecule has 0 atom stereocenters. The lowest BCUT2D eigenvalue weighted by molar-refractivity contribution is 0.101. The number of carbonyl (C=O) groups is 1. The maximum Gasteiger partial charge on any atom is 0.278 e. The van der Waals surface area contributed by atoms with Crippen molar-refractivity contribution in [2.45, 2.75) is 33.9 Å². The first-order valence-electron chi connectivity index (χ1n) is 10.1. The molecular formula is C24H23FN4O3. The van der Waals surface area contributed by atoms with E-state index < -0.39 is 5.91 Å². The van der Waals surface area contributed by atoms with Crippen LogP contribution in [-0.2, 0) is 13.2 Å². The molecule has 0 saturated heterocycles. The van der Waals surface area contributed by atoms with Crippen molar-refractivity contribution in [3.63, 3.8) is 0 Å². The summed E-state index contributed by atoms with van der Waals surface area (Å²) >= 11 is 0. The Morgan fingerprint density at radius 3 is 2.78 bits per heavy atom. The fraction of sp³-hybridized carbons (Fsp3) is 0.208. The molecule has 0 fully saturated rings. The normalized spacial score (nSPS) is 10.9. The molecule has 0 radical (unpaired) electrons. The molecule has 2 aromatic heterocycles. The van der Waals surface area contributed by atoms with Gasteiger partial charge in [-0.1, -0.05) is 35.5 Å². The Balaban J connectivity index is 1.45. The number of hydrogen-bond donors (Lipinski definition) is 1. The molecule has 2 heterocycles. The Labute approximate surface area is 184 Å². The van der Waals surface area contributed by atoms with Crippen molar-refractivity contribution in [2.24, 2.45) is 0 Å². The van der Waals surface area contributed by atoms with Gasteiger partial charge < -0.3 is 14.6 Å². The lowest BCUT2D eigenvalue weighted by atomic mass is 10.1. The molecule has 0 aliphatic rings. The number of anilines is 1. The summed E-state index contributed by atoms with van der Waals surface area (Å²) in [6.07, 6.45) is 3.13. The van der Waals surface area contributed by atoms with Gasteiger partial charge in [-0.05, 0) is 44.0 Å². The first-order chi connectivity index (χ1) is 15.4. The van der Waals surface area contributed by atoms with Gasteiger partial charge in [0.15, 0.2) is 5.69 Å². The molecule has 4 aromatic rings. The second-order valence-electron chi connectivity index (χ2n) is 7.52. The van der Waals surface area contributed by atoms with E-state index in [1.165, 1.54) is 12.3 Å². The zero-order valence-corrected chi connectivity index (χ0v) is 18.1. The number of nitrogens with one attached hydrogen (secondary N) is 1. The zero-order chi connectivity index (χ0) is 22.7. The van der Waals surface area contributed by atoms with Gasteiger partial charge in [-0.2, -0.15) is 5.10 Å². The minimum absolute atomic E-state index is 0.148. The van der Waals surface area contributed by atoms with E-state index in [9.17, 15) is 9.18 Å². The van der Waals surface area contributed by atoms with E-state index in [0.29, 0.717) is 22.6 Å². The van der Waals surface area contributed by atoms with Crippen molar-refractivity contribution < 1.29 is 18.4 Å². The molecule has 7 nitrogen and oxygen atoms in total. The summed E-state index contributed by atoms with van der Waals surface area (Å²) in [4.78, 5) is 12.8. The van der Waals surface area contributed by atoms with Crippen LogP contribution in [0.15, 0.2) is 59.4 Å². The van der Waals surface area contributed by atoms with Crippen LogP contribution >= 0.6 is 0 Å². The van der Waals surface area contributed by atoms with Crippen LogP contribution in [0.2, 0.25) is 0 Å². The third-order valence-electron chi connectivity index (χ3n) is 5.31. The average Bonchev–Trinajstić information content (AvgIpc) is 3.37. The summed E-state index contributed by atoms with van der Waals surface area (Å²) in [5.74, 6) is 0.508. The van der Waals surface area contributed by atoms with Crippen molar-refractivity contribution in [3.05, 3.63) is 94.4 Å². The molecule has 0 aliphatic heterocycles. The number of halogens is 1. The smallest absolute Gasteiger partial charge is 0.278 e. The Bertz CT molecular complexity index is 1260. The number of benzene rings is 2. The highest BCUT2D eigenvalue weighted by molar-refractivity contribution is 6.03. The highest BCUT2D eigenvalue weighted by Crippen LogP contribution is 2.24. The first kappa shape index (κ1) is 21.3. The lowest BCUT2D eigenvalue weighted by Gasteiger charge is -2.11. The summed E-state index contributed by atoms with van der Waals surface area (Å²) in [6.45, 7) is 6.13. The van der Waals surface area contributed by atoms with Crippen molar-refractivity contribution in [1.29, 1.82) is 0 Å². The van der Waals surface area contributed by atoms with Crippen LogP contribution in [0.1, 0.15) is 38.5 Å². The summed E-state index contributed by atoms with van der Waals surface area (Å²) in [6, 6.07) is 12.3. The summed E-state index contributed by atoms with van der Waals surface area (Å²) < 4.78 is 26.6. The molecule has 4 rings (SSSR count). The van der Waals surface area contributed by atoms with Gasteiger partial charge in [0.25, 0.3) is 5.91 Å². The highest BCUT2D eigenvalue weighted by Gasteiger charge is 2.21. The van der Waals surface area contributed by atoms with Crippen molar-refractivity contribution >= 4 is 11.6 Å². The van der Waals surface area contributed by atoms with E-state index in [1.54, 1.807) is 36.0 Å². The largest absolute Gasteiger partial charge is 0.488 e. The molecule has 0 aliphatic carbocycles. The van der Waals surface area contributed by atoms with Gasteiger partial charge in [0.05, 0.1) is 24.0 Å². The van der Waals surface area contributed by atoms with Crippen LogP contribution in [0.3, 0.4) is 0 Å². The number of aromatic nitrogens is 3. The predicted octanol–water partition coefficient (Wildman–Crippen LogP) is 4.82. The van der Waals surface area contributed by atoms with Crippen LogP contribution in [0, 0.1) is 26.6 Å². The van der Waals surface area contributed by atoms with E-state index in [2.05, 4.69) is 15.6 Å². The molecule has 0 bridgehead atoms. The number of hydrogen-bond acceptors (Lipinski definition) is 5. The third-order valence-corrected chi connectivity index (χ3v) is 5.31. The van der Waals surface area contributed by atoms with Gasteiger partial charge in [0.2, 0.25) is 0 Å². The van der Waals surface area contributed by atoms with E-state index in [0.717, 1.165) is 16.9 Å². The molecule has 2 aromatic carbocycles. The molecule has 8 heteroatoms. The van der Waals surface area contributed by atoms with Gasteiger partial charge in [0, 0.05) is 11.8 Å². The second kappa shape index (κ2) is 9.05. The van der Waals surface area contributed by atoms with Crippen LogP contribution in [0.4, 0.5) is 10.1 Å². The van der Waals surface area contributed by atoms with E-state index >= 15 is 0 Å². The van der Waals surface area contributed by atoms with Gasteiger partial charge in [-0.15, -0.1) is 0 Å². The number of amides is 1. The Morgan fingerprint density at radius 1 is 1.16 bits per heavy atom. The maximum absolute atomic E-state index is 13.9. The molecule has 0 unspecified atom stereocenters. The van der Waals surface area contributed by atoms with Crippen molar-refractivity contribution in [1.82, 2.24) is 14.9 Å². The molecule has 1 N–H and O–H groups in total. The van der Waals surface area contributed by atoms with E-state index in [4.69, 9.17) is 9.26 Å². The van der Waals surface area contributed by atoms with E-state index in [-0.39, 0.29) is 24.7 Å². The van der Waals surface area contributed by atoms with E-state index in [1.807, 2.05) is 32.0 Å². The lowest BCUT2D eigenvalue weighted by Crippen LogP contribution is -2.15. The summed E-state index contributed by atoms with van der Waals surface area (Å²) in [5, 5.41) is 10.9. The third kappa shape index (κ3) is 4.54. The van der Waals surface area contributed by atoms with Crippen molar-refractivity contribution in [3.8, 4) is 5.75 Å². The Hall–Kier alpha value is -3.94. The maximum atomic E-state index is 13.9. The zero-order valence-electron chi connectivity index (χ0n) is 18.1. The van der Waals surface area contributed by atoms with Gasteiger partial charge >= 0.3 is 0 Å². The number of nitrogens with zero attached hydrogens (tertiary/aromatic N) is 3. The average molecular weight is 434 g/mol. The van der Waals surface area contributed by atoms with Crippen LogP contribution in [-0.4, -0.2) is 20.8 Å². The van der Waals surface area contributed by atoms with Gasteiger partial charge in [-0.25, -0.2) is 4.39 Å². The minimum Gasteiger partial charge on any atom is -0.488 e. The van der Waals surface area contributed by atoms with Crippen molar-refractivity contribution in [2.75, 3.05) is 5.32 Å². The Morgan fingerprint density at radius 2 is 1.97 bits per heavy atom. The Kier molecular flexibility index (Phi) is 6.02. The summed E-state index contributed by atoms with van der Waals surface area (Å²) in [7, 11) is 0. The van der Waals surface area contributed by atoms with Crippen LogP contribution < -0.4 is 10.1 Å². The first-order valence-corrected chi connectivity index (χ1v) is 10.1. The number of rotatable bonds is 7. The molecule has 0 spiro atoms. The number of aryl methyl sites for hydroxylation is 2. The number of carbonyl (C=O) groups excluding carboxylic acids is 1. The summed E-state index contributed by atoms with van der Waals surface area (Å²) in [5.41, 5.74) is 3.85. The second-order valence-corrected chi connectivity index (χ2v) is 7.52. The fourth-order valence-electron chi connectivity index (χ4n) is 3.28. The predicted molar refractivity (Wildman–Crippen MR) is 117 cm³/mol. The van der Waals surface area contributed by atoms with Crippen LogP contribution in [0.25, 0.3) is 0 Å². The standard InChI is InChI=1S/C24H23FN4O3/c1-15-7-6-10-22(16(15)2)31-14-20-17(3)32-28-23(20)24(30)27-19-11-26-29(13-19)12-18-8-4-5-9-21(18)25/h4-11,13H,12,14H2,1-3H3,(H,27,30). The minimum atomic E-state index is -0.438. The monoisotopic (exact) mass is 434 g/mol. The molecule has 32 heavy (non-hydrogen) atoms. The van der Waals surface area contributed by atoms with Gasteiger partial charge in [-0.3, -0.25) is 9.48 Å².